The number of carboxylic acid groups (broad SMARTS) is 2. The van der Waals surface area contributed by atoms with Crippen LogP contribution in [0.5, 0.6) is 11.5 Å². The van der Waals surface area contributed by atoms with E-state index < -0.39 is 11.9 Å². The van der Waals surface area contributed by atoms with E-state index in [1.807, 2.05) is 6.92 Å². The number of nitrogens with two attached hydrogens (primary N) is 1. The van der Waals surface area contributed by atoms with Crippen LogP contribution in [0.2, 0.25) is 0 Å². The topological polar surface area (TPSA) is 160 Å². The van der Waals surface area contributed by atoms with E-state index in [-0.39, 0.29) is 38.3 Å². The molecule has 2 aromatic rings. The van der Waals surface area contributed by atoms with E-state index in [2.05, 4.69) is 0 Å². The van der Waals surface area contributed by atoms with E-state index in [4.69, 9.17) is 15.2 Å². The van der Waals surface area contributed by atoms with Crippen LogP contribution in [0.4, 0.5) is 0 Å². The van der Waals surface area contributed by atoms with Crippen molar-refractivity contribution in [1.29, 1.82) is 0 Å². The van der Waals surface area contributed by atoms with Crippen LogP contribution in [-0.4, -0.2) is 32.7 Å². The number of carbonyl (C=O) groups excluding carboxylic acids is 2. The summed E-state index contributed by atoms with van der Waals surface area (Å²) in [5.41, 5.74) is 5.16. The second-order valence-corrected chi connectivity index (χ2v) is 4.44. The number of benzene rings is 2. The number of hydrogen-bond donors (Lipinski definition) is 2. The normalized spacial score (nSPS) is 8.15. The van der Waals surface area contributed by atoms with E-state index in [1.54, 1.807) is 24.3 Å². The van der Waals surface area contributed by atoms with Crippen molar-refractivity contribution in [3.63, 3.8) is 0 Å². The number of methoxy groups -OCH3 is 2. The average Bonchev–Trinajstić information content (AvgIpc) is 2.63. The van der Waals surface area contributed by atoms with Gasteiger partial charge in [0.05, 0.1) is 26.2 Å². The van der Waals surface area contributed by atoms with Crippen LogP contribution in [0.25, 0.3) is 0 Å². The molecule has 0 radical (unpaired) electrons. The summed E-state index contributed by atoms with van der Waals surface area (Å²) in [4.78, 5) is 20.5. The van der Waals surface area contributed by atoms with Gasteiger partial charge in [-0.15, -0.1) is 0 Å². The number of aromatic carboxylic acids is 2. The van der Waals surface area contributed by atoms with Crippen molar-refractivity contribution in [2.24, 2.45) is 5.73 Å². The molecule has 0 saturated carbocycles. The van der Waals surface area contributed by atoms with E-state index in [1.165, 1.54) is 38.5 Å². The maximum absolute atomic E-state index is 10.2. The second kappa shape index (κ2) is 17.0. The molecule has 0 heterocycles. The molecule has 9 heteroatoms. The van der Waals surface area contributed by atoms with Crippen LogP contribution in [-0.2, 0) is 21.1 Å². The molecule has 0 unspecified atom stereocenters. The van der Waals surface area contributed by atoms with Gasteiger partial charge in [-0.2, -0.15) is 0 Å². The zero-order valence-corrected chi connectivity index (χ0v) is 17.6. The molecule has 0 aliphatic heterocycles. The van der Waals surface area contributed by atoms with Gasteiger partial charge in [0.2, 0.25) is 0 Å². The van der Waals surface area contributed by atoms with Gasteiger partial charge >= 0.3 is 21.1 Å². The van der Waals surface area contributed by atoms with Gasteiger partial charge in [0.15, 0.2) is 0 Å². The standard InChI is InChI=1S/2C8H8O3.C2H7N.H3N.Pt/c2*1-11-7-4-2-6(3-5-7)8(9)10;1-2-3;;/h2*2-5H,1H3,(H,9,10);2-3H2,1H3;1H3;/q;;;;+2/p-2. The fourth-order valence-corrected chi connectivity index (χ4v) is 1.45. The average molecular weight is 559 g/mol. The smallest absolute Gasteiger partial charge is 0.545 e. The van der Waals surface area contributed by atoms with Gasteiger partial charge < -0.3 is 41.2 Å². The predicted octanol–water partition coefficient (Wildman–Crippen LogP) is 0.242. The summed E-state index contributed by atoms with van der Waals surface area (Å²) in [7, 11) is 3.04. The van der Waals surface area contributed by atoms with E-state index in [0.717, 1.165) is 6.54 Å². The van der Waals surface area contributed by atoms with Crippen molar-refractivity contribution in [2.75, 3.05) is 20.8 Å². The molecule has 2 rings (SSSR count). The fourth-order valence-electron chi connectivity index (χ4n) is 1.45. The maximum Gasteiger partial charge on any atom is 2.00 e. The molecule has 0 atom stereocenters. The number of carboxylic acids is 2. The molecular formula is C18H24N2O6Pt. The zero-order chi connectivity index (χ0) is 19.2. The molecule has 0 aliphatic rings. The molecule has 5 N–H and O–H groups in total. The van der Waals surface area contributed by atoms with Crippen LogP contribution < -0.4 is 31.6 Å². The Labute approximate surface area is 173 Å². The molecule has 0 bridgehead atoms. The van der Waals surface area contributed by atoms with Crippen LogP contribution in [0, 0.1) is 0 Å². The van der Waals surface area contributed by atoms with E-state index >= 15 is 0 Å². The van der Waals surface area contributed by atoms with Gasteiger partial charge in [-0.05, 0) is 66.2 Å². The van der Waals surface area contributed by atoms with Crippen molar-refractivity contribution < 1.29 is 50.3 Å². The van der Waals surface area contributed by atoms with E-state index in [9.17, 15) is 19.8 Å². The quantitative estimate of drug-likeness (QED) is 0.539. The first kappa shape index (κ1) is 29.4. The van der Waals surface area contributed by atoms with Crippen molar-refractivity contribution in [1.82, 2.24) is 6.15 Å². The first-order valence-electron chi connectivity index (χ1n) is 7.30. The Kier molecular flexibility index (Phi) is 18.5. The summed E-state index contributed by atoms with van der Waals surface area (Å²) in [6.07, 6.45) is 0. The summed E-state index contributed by atoms with van der Waals surface area (Å²) in [6.45, 7) is 2.65. The Morgan fingerprint density at radius 1 is 0.815 bits per heavy atom. The molecule has 8 nitrogen and oxygen atoms in total. The largest absolute Gasteiger partial charge is 2.00 e. The van der Waals surface area contributed by atoms with E-state index in [0.29, 0.717) is 11.5 Å². The van der Waals surface area contributed by atoms with Crippen LogP contribution >= 0.6 is 0 Å². The summed E-state index contributed by atoms with van der Waals surface area (Å²) >= 11 is 0. The molecular weight excluding hydrogens is 535 g/mol. The Balaban J connectivity index is -0.000000350. The Morgan fingerprint density at radius 2 is 1.04 bits per heavy atom. The maximum atomic E-state index is 10.2. The third-order valence-electron chi connectivity index (χ3n) is 2.65. The van der Waals surface area contributed by atoms with Gasteiger partial charge in [-0.25, -0.2) is 0 Å². The Hall–Kier alpha value is -2.41. The molecule has 0 aromatic heterocycles. The van der Waals surface area contributed by atoms with Crippen LogP contribution in [0.3, 0.4) is 0 Å². The summed E-state index contributed by atoms with van der Waals surface area (Å²) in [5, 5.41) is 20.5. The van der Waals surface area contributed by atoms with Crippen molar-refractivity contribution >= 4 is 11.9 Å². The molecule has 27 heavy (non-hydrogen) atoms. The van der Waals surface area contributed by atoms with Crippen molar-refractivity contribution in [2.45, 2.75) is 6.92 Å². The predicted molar refractivity (Wildman–Crippen MR) is 94.4 cm³/mol. The number of ether oxygens (including phenoxy) is 2. The van der Waals surface area contributed by atoms with Gasteiger partial charge in [0.1, 0.15) is 11.5 Å². The molecule has 0 amide bonds. The molecule has 0 aliphatic carbocycles. The Bertz CT molecular complexity index is 590. The first-order valence-corrected chi connectivity index (χ1v) is 7.30. The van der Waals surface area contributed by atoms with Gasteiger partial charge in [-0.1, -0.05) is 6.92 Å². The number of hydrogen-bond acceptors (Lipinski definition) is 8. The zero-order valence-electron chi connectivity index (χ0n) is 15.4. The SMILES string of the molecule is CCN.COc1ccc(C(=O)[O-])cc1.COc1ccc(C(=O)[O-])cc1.N.[Pt+2]. The molecule has 0 spiro atoms. The minimum absolute atomic E-state index is 0. The van der Waals surface area contributed by atoms with Gasteiger partial charge in [0.25, 0.3) is 0 Å². The Morgan fingerprint density at radius 3 is 1.19 bits per heavy atom. The molecule has 0 saturated heterocycles. The number of rotatable bonds is 4. The van der Waals surface area contributed by atoms with Gasteiger partial charge in [0, 0.05) is 0 Å². The monoisotopic (exact) mass is 559 g/mol. The summed E-state index contributed by atoms with van der Waals surface area (Å²) in [5.74, 6) is -1.08. The third kappa shape index (κ3) is 12.6. The summed E-state index contributed by atoms with van der Waals surface area (Å²) in [6, 6.07) is 12.1. The van der Waals surface area contributed by atoms with Crippen LogP contribution in [0.15, 0.2) is 48.5 Å². The molecule has 0 fully saturated rings. The minimum Gasteiger partial charge on any atom is -0.545 e. The second-order valence-electron chi connectivity index (χ2n) is 4.44. The number of carbonyl (C=O) groups is 2. The minimum atomic E-state index is -1.17. The summed E-state index contributed by atoms with van der Waals surface area (Å²) < 4.78 is 9.67. The molecule has 152 valence electrons. The first-order chi connectivity index (χ1) is 11.9. The van der Waals surface area contributed by atoms with Crippen molar-refractivity contribution in [3.8, 4) is 11.5 Å². The van der Waals surface area contributed by atoms with Gasteiger partial charge in [-0.3, -0.25) is 0 Å². The van der Waals surface area contributed by atoms with Crippen molar-refractivity contribution in [3.05, 3.63) is 59.7 Å². The van der Waals surface area contributed by atoms with Crippen LogP contribution in [0.1, 0.15) is 27.6 Å². The molecule has 2 aromatic carbocycles. The fraction of sp³-hybridized carbons (Fsp3) is 0.222. The third-order valence-corrected chi connectivity index (χ3v) is 2.65.